The summed E-state index contributed by atoms with van der Waals surface area (Å²) in [6, 6.07) is 9.85. The first-order valence-electron chi connectivity index (χ1n) is 5.87. The van der Waals surface area contributed by atoms with E-state index in [4.69, 9.17) is 0 Å². The second-order valence-corrected chi connectivity index (χ2v) is 4.32. The molecule has 0 aliphatic heterocycles. The smallest absolute Gasteiger partial charge is 0.167 e. The monoisotopic (exact) mass is 254 g/mol. The van der Waals surface area contributed by atoms with E-state index in [2.05, 4.69) is 4.98 Å². The molecule has 0 spiro atoms. The van der Waals surface area contributed by atoms with Crippen LogP contribution in [0.4, 0.5) is 4.39 Å². The van der Waals surface area contributed by atoms with Gasteiger partial charge in [-0.2, -0.15) is 0 Å². The molecule has 94 valence electrons. The van der Waals surface area contributed by atoms with Gasteiger partial charge in [0.25, 0.3) is 0 Å². The first-order valence-corrected chi connectivity index (χ1v) is 5.87. The van der Waals surface area contributed by atoms with Crippen LogP contribution in [-0.2, 0) is 7.05 Å². The summed E-state index contributed by atoms with van der Waals surface area (Å²) in [5.41, 5.74) is 2.88. The highest BCUT2D eigenvalue weighted by Gasteiger charge is 2.16. The third-order valence-electron chi connectivity index (χ3n) is 3.24. The Morgan fingerprint density at radius 3 is 2.63 bits per heavy atom. The number of nitrogens with zero attached hydrogens (tertiary/aromatic N) is 2. The Balaban J connectivity index is 2.39. The van der Waals surface area contributed by atoms with Crippen molar-refractivity contribution in [1.82, 2.24) is 9.55 Å². The van der Waals surface area contributed by atoms with E-state index in [1.54, 1.807) is 29.9 Å². The zero-order chi connectivity index (χ0) is 13.4. The van der Waals surface area contributed by atoms with E-state index >= 15 is 0 Å². The first kappa shape index (κ1) is 11.6. The number of hydrogen-bond acceptors (Lipinski definition) is 2. The van der Waals surface area contributed by atoms with Crippen LogP contribution in [0, 0.1) is 5.82 Å². The Morgan fingerprint density at radius 2 is 1.95 bits per heavy atom. The molecule has 0 atom stereocenters. The van der Waals surface area contributed by atoms with Crippen molar-refractivity contribution in [2.75, 3.05) is 0 Å². The average Bonchev–Trinajstić information content (AvgIpc) is 2.73. The van der Waals surface area contributed by atoms with Gasteiger partial charge in [-0.1, -0.05) is 12.1 Å². The van der Waals surface area contributed by atoms with Crippen LogP contribution in [0.5, 0.6) is 0 Å². The van der Waals surface area contributed by atoms with Gasteiger partial charge in [-0.15, -0.1) is 0 Å². The molecule has 2 aromatic heterocycles. The van der Waals surface area contributed by atoms with E-state index in [-0.39, 0.29) is 5.82 Å². The third-order valence-corrected chi connectivity index (χ3v) is 3.24. The molecule has 0 saturated heterocycles. The maximum Gasteiger partial charge on any atom is 0.167 e. The molecule has 0 unspecified atom stereocenters. The highest BCUT2D eigenvalue weighted by atomic mass is 19.1. The minimum Gasteiger partial charge on any atom is -0.326 e. The van der Waals surface area contributed by atoms with Crippen molar-refractivity contribution in [2.24, 2.45) is 7.05 Å². The highest BCUT2D eigenvalue weighted by molar-refractivity contribution is 6.03. The number of carbonyl (C=O) groups excluding carboxylic acids is 1. The van der Waals surface area contributed by atoms with Gasteiger partial charge in [-0.05, 0) is 29.8 Å². The van der Waals surface area contributed by atoms with Gasteiger partial charge in [-0.25, -0.2) is 9.37 Å². The van der Waals surface area contributed by atoms with E-state index < -0.39 is 0 Å². The lowest BCUT2D eigenvalue weighted by molar-refractivity contribution is 0.111. The number of aromatic nitrogens is 2. The molecule has 2 heterocycles. The summed E-state index contributed by atoms with van der Waals surface area (Å²) in [6.07, 6.45) is 2.49. The quantitative estimate of drug-likeness (QED) is 0.658. The van der Waals surface area contributed by atoms with Crippen LogP contribution in [0.25, 0.3) is 22.2 Å². The van der Waals surface area contributed by atoms with Crippen LogP contribution in [-0.4, -0.2) is 15.8 Å². The molecule has 0 amide bonds. The van der Waals surface area contributed by atoms with Crippen molar-refractivity contribution in [3.05, 3.63) is 54.1 Å². The largest absolute Gasteiger partial charge is 0.326 e. The van der Waals surface area contributed by atoms with Gasteiger partial charge < -0.3 is 4.57 Å². The summed E-state index contributed by atoms with van der Waals surface area (Å²) in [5.74, 6) is -0.297. The van der Waals surface area contributed by atoms with E-state index in [0.717, 1.165) is 28.4 Å². The van der Waals surface area contributed by atoms with Crippen LogP contribution in [0.2, 0.25) is 0 Å². The molecule has 1 aromatic carbocycles. The molecule has 0 bridgehead atoms. The van der Waals surface area contributed by atoms with Crippen LogP contribution in [0.15, 0.2) is 42.6 Å². The van der Waals surface area contributed by atoms with Crippen LogP contribution >= 0.6 is 0 Å². The van der Waals surface area contributed by atoms with Gasteiger partial charge in [-0.3, -0.25) is 4.79 Å². The van der Waals surface area contributed by atoms with Crippen LogP contribution < -0.4 is 0 Å². The van der Waals surface area contributed by atoms with Crippen molar-refractivity contribution in [1.29, 1.82) is 0 Å². The number of hydrogen-bond donors (Lipinski definition) is 0. The molecule has 0 aliphatic rings. The van der Waals surface area contributed by atoms with Crippen molar-refractivity contribution in [2.45, 2.75) is 0 Å². The van der Waals surface area contributed by atoms with Gasteiger partial charge in [0.2, 0.25) is 0 Å². The average molecular weight is 254 g/mol. The number of aryl methyl sites for hydroxylation is 1. The Morgan fingerprint density at radius 1 is 1.21 bits per heavy atom. The number of benzene rings is 1. The molecule has 3 nitrogen and oxygen atoms in total. The van der Waals surface area contributed by atoms with E-state index in [1.165, 1.54) is 12.1 Å². The lowest BCUT2D eigenvalue weighted by Crippen LogP contribution is -1.96. The number of aldehydes is 1. The Labute approximate surface area is 109 Å². The molecule has 0 aliphatic carbocycles. The fraction of sp³-hybridized carbons (Fsp3) is 0.0667. The topological polar surface area (TPSA) is 34.9 Å². The Kier molecular flexibility index (Phi) is 2.63. The Hall–Kier alpha value is -2.49. The minimum atomic E-state index is -0.297. The molecule has 3 rings (SSSR count). The fourth-order valence-corrected chi connectivity index (χ4v) is 2.34. The van der Waals surface area contributed by atoms with Gasteiger partial charge in [0, 0.05) is 24.2 Å². The van der Waals surface area contributed by atoms with E-state index in [0.29, 0.717) is 5.69 Å². The van der Waals surface area contributed by atoms with Gasteiger partial charge >= 0.3 is 0 Å². The summed E-state index contributed by atoms with van der Waals surface area (Å²) in [6.45, 7) is 0. The van der Waals surface area contributed by atoms with Gasteiger partial charge in [0.05, 0.1) is 5.69 Å². The maximum absolute atomic E-state index is 13.0. The normalized spacial score (nSPS) is 10.8. The number of fused-ring (bicyclic) bond motifs is 1. The number of pyridine rings is 1. The van der Waals surface area contributed by atoms with Crippen molar-refractivity contribution in [3.63, 3.8) is 0 Å². The number of halogens is 1. The van der Waals surface area contributed by atoms with Crippen molar-refractivity contribution in [3.8, 4) is 11.1 Å². The standard InChI is InChI=1S/C15H11FN2O/c1-18-13(9-19)14(10-4-6-11(16)7-5-10)12-3-2-8-17-15(12)18/h2-9H,1H3. The molecule has 3 aromatic rings. The first-order chi connectivity index (χ1) is 9.22. The molecule has 0 fully saturated rings. The predicted molar refractivity (Wildman–Crippen MR) is 71.5 cm³/mol. The molecule has 0 radical (unpaired) electrons. The van der Waals surface area contributed by atoms with Crippen molar-refractivity contribution >= 4 is 17.3 Å². The van der Waals surface area contributed by atoms with Crippen molar-refractivity contribution < 1.29 is 9.18 Å². The zero-order valence-electron chi connectivity index (χ0n) is 10.3. The molecule has 19 heavy (non-hydrogen) atoms. The molecular formula is C15H11FN2O. The number of carbonyl (C=O) groups is 1. The summed E-state index contributed by atoms with van der Waals surface area (Å²) < 4.78 is 14.8. The summed E-state index contributed by atoms with van der Waals surface area (Å²) in [5, 5.41) is 0.888. The maximum atomic E-state index is 13.0. The van der Waals surface area contributed by atoms with Gasteiger partial charge in [0.15, 0.2) is 6.29 Å². The summed E-state index contributed by atoms with van der Waals surface area (Å²) >= 11 is 0. The molecule has 0 N–H and O–H groups in total. The summed E-state index contributed by atoms with van der Waals surface area (Å²) in [4.78, 5) is 15.6. The molecule has 0 saturated carbocycles. The lowest BCUT2D eigenvalue weighted by Gasteiger charge is -2.01. The molecule has 4 heteroatoms. The zero-order valence-corrected chi connectivity index (χ0v) is 10.3. The highest BCUT2D eigenvalue weighted by Crippen LogP contribution is 2.32. The summed E-state index contributed by atoms with van der Waals surface area (Å²) in [7, 11) is 1.80. The third kappa shape index (κ3) is 1.73. The minimum absolute atomic E-state index is 0.297. The second kappa shape index (κ2) is 4.31. The van der Waals surface area contributed by atoms with Crippen LogP contribution in [0.3, 0.4) is 0 Å². The van der Waals surface area contributed by atoms with Gasteiger partial charge in [0.1, 0.15) is 11.5 Å². The fourth-order valence-electron chi connectivity index (χ4n) is 2.34. The Bertz CT molecular complexity index is 760. The van der Waals surface area contributed by atoms with E-state index in [9.17, 15) is 9.18 Å². The SMILES string of the molecule is Cn1c(C=O)c(-c2ccc(F)cc2)c2cccnc21. The van der Waals surface area contributed by atoms with Crippen LogP contribution in [0.1, 0.15) is 10.5 Å². The lowest BCUT2D eigenvalue weighted by atomic mass is 10.0. The predicted octanol–water partition coefficient (Wildman–Crippen LogP) is 3.19. The second-order valence-electron chi connectivity index (χ2n) is 4.32. The molecular weight excluding hydrogens is 243 g/mol. The number of rotatable bonds is 2. The van der Waals surface area contributed by atoms with E-state index in [1.807, 2.05) is 12.1 Å².